The summed E-state index contributed by atoms with van der Waals surface area (Å²) < 4.78 is 11.4. The summed E-state index contributed by atoms with van der Waals surface area (Å²) >= 11 is 0. The number of carbonyl (C=O) groups is 1. The van der Waals surface area contributed by atoms with Crippen molar-refractivity contribution in [3.8, 4) is 5.75 Å². The van der Waals surface area contributed by atoms with E-state index >= 15 is 0 Å². The molecule has 0 bridgehead atoms. The first-order valence-corrected chi connectivity index (χ1v) is 11.2. The molecule has 0 aliphatic carbocycles. The number of halogens is 1. The van der Waals surface area contributed by atoms with Gasteiger partial charge in [0.25, 0.3) is 5.91 Å². The number of ether oxygens (including phenoxy) is 2. The van der Waals surface area contributed by atoms with Gasteiger partial charge < -0.3 is 25.0 Å². The van der Waals surface area contributed by atoms with Crippen molar-refractivity contribution in [2.75, 3.05) is 33.3 Å². The molecule has 0 radical (unpaired) electrons. The Bertz CT molecular complexity index is 867. The normalized spacial score (nSPS) is 18.3. The molecule has 0 aromatic heterocycles. The van der Waals surface area contributed by atoms with Gasteiger partial charge in [0.05, 0.1) is 18.8 Å². The second-order valence-electron chi connectivity index (χ2n) is 8.03. The molecule has 2 unspecified atom stereocenters. The van der Waals surface area contributed by atoms with Crippen LogP contribution >= 0.6 is 24.0 Å². The molecule has 2 aromatic carbocycles. The van der Waals surface area contributed by atoms with Crippen molar-refractivity contribution in [1.82, 2.24) is 15.5 Å². The van der Waals surface area contributed by atoms with Gasteiger partial charge in [0.15, 0.2) is 5.96 Å². The molecule has 33 heavy (non-hydrogen) atoms. The van der Waals surface area contributed by atoms with Crippen LogP contribution in [-0.2, 0) is 11.3 Å². The molecule has 1 aliphatic rings. The summed E-state index contributed by atoms with van der Waals surface area (Å²) in [4.78, 5) is 18.9. The number of nitrogens with one attached hydrogen (secondary N) is 2. The minimum absolute atomic E-state index is 0. The van der Waals surface area contributed by atoms with Crippen LogP contribution in [0.4, 0.5) is 0 Å². The number of benzene rings is 2. The smallest absolute Gasteiger partial charge is 0.254 e. The minimum atomic E-state index is 0. The lowest BCUT2D eigenvalue weighted by atomic mass is 10.1. The predicted molar refractivity (Wildman–Crippen MR) is 143 cm³/mol. The van der Waals surface area contributed by atoms with Gasteiger partial charge in [-0.3, -0.25) is 9.79 Å². The molecule has 0 saturated carbocycles. The van der Waals surface area contributed by atoms with Crippen molar-refractivity contribution >= 4 is 35.8 Å². The van der Waals surface area contributed by atoms with E-state index < -0.39 is 0 Å². The summed E-state index contributed by atoms with van der Waals surface area (Å²) in [7, 11) is 1.75. The van der Waals surface area contributed by atoms with E-state index in [1.807, 2.05) is 73.3 Å². The molecule has 1 saturated heterocycles. The number of guanidine groups is 1. The number of hydrogen-bond donors (Lipinski definition) is 2. The molecule has 1 amide bonds. The second-order valence-corrected chi connectivity index (χ2v) is 8.03. The quantitative estimate of drug-likeness (QED) is 0.221. The maximum Gasteiger partial charge on any atom is 0.254 e. The number of hydrogen-bond acceptors (Lipinski definition) is 4. The molecule has 7 nitrogen and oxygen atoms in total. The summed E-state index contributed by atoms with van der Waals surface area (Å²) in [6, 6.07) is 17.5. The minimum Gasteiger partial charge on any atom is -0.494 e. The zero-order chi connectivity index (χ0) is 22.8. The van der Waals surface area contributed by atoms with E-state index in [4.69, 9.17) is 9.47 Å². The fraction of sp³-hybridized carbons (Fsp3) is 0.440. The van der Waals surface area contributed by atoms with E-state index in [2.05, 4.69) is 15.6 Å². The molecular weight excluding hydrogens is 531 g/mol. The average molecular weight is 566 g/mol. The van der Waals surface area contributed by atoms with Crippen LogP contribution in [0.25, 0.3) is 0 Å². The Hall–Kier alpha value is -2.33. The van der Waals surface area contributed by atoms with Gasteiger partial charge in [-0.25, -0.2) is 0 Å². The molecular formula is C25H35IN4O3. The molecule has 1 fully saturated rings. The lowest BCUT2D eigenvalue weighted by Gasteiger charge is -2.35. The Balaban J connectivity index is 0.00000385. The number of aliphatic imine (C=N–C) groups is 1. The predicted octanol–water partition coefficient (Wildman–Crippen LogP) is 3.69. The Morgan fingerprint density at radius 2 is 1.73 bits per heavy atom. The number of carbonyl (C=O) groups excluding carboxylic acids is 1. The summed E-state index contributed by atoms with van der Waals surface area (Å²) in [6.45, 7) is 7.29. The van der Waals surface area contributed by atoms with Gasteiger partial charge in [0, 0.05) is 38.8 Å². The third-order valence-corrected chi connectivity index (χ3v) is 5.22. The highest BCUT2D eigenvalue weighted by Crippen LogP contribution is 2.15. The largest absolute Gasteiger partial charge is 0.494 e. The van der Waals surface area contributed by atoms with Gasteiger partial charge in [-0.15, -0.1) is 24.0 Å². The Morgan fingerprint density at radius 1 is 1.06 bits per heavy atom. The van der Waals surface area contributed by atoms with Crippen molar-refractivity contribution in [1.29, 1.82) is 0 Å². The van der Waals surface area contributed by atoms with Crippen LogP contribution in [-0.4, -0.2) is 62.3 Å². The Morgan fingerprint density at radius 3 is 2.36 bits per heavy atom. The Kier molecular flexibility index (Phi) is 11.5. The van der Waals surface area contributed by atoms with Crippen LogP contribution in [0.2, 0.25) is 0 Å². The highest BCUT2D eigenvalue weighted by atomic mass is 127. The van der Waals surface area contributed by atoms with Gasteiger partial charge in [-0.2, -0.15) is 0 Å². The van der Waals surface area contributed by atoms with E-state index in [-0.39, 0.29) is 42.1 Å². The molecule has 1 heterocycles. The lowest BCUT2D eigenvalue weighted by molar-refractivity contribution is -0.0586. The molecule has 2 aromatic rings. The molecule has 180 valence electrons. The van der Waals surface area contributed by atoms with Crippen LogP contribution in [0.15, 0.2) is 59.6 Å². The monoisotopic (exact) mass is 566 g/mol. The molecule has 8 heteroatoms. The van der Waals surface area contributed by atoms with Crippen molar-refractivity contribution in [2.24, 2.45) is 4.99 Å². The van der Waals surface area contributed by atoms with Gasteiger partial charge in [0.1, 0.15) is 5.75 Å². The highest BCUT2D eigenvalue weighted by Gasteiger charge is 2.26. The van der Waals surface area contributed by atoms with Crippen molar-refractivity contribution < 1.29 is 14.3 Å². The van der Waals surface area contributed by atoms with Crippen molar-refractivity contribution in [2.45, 2.75) is 39.0 Å². The number of nitrogens with zero attached hydrogens (tertiary/aromatic N) is 2. The fourth-order valence-corrected chi connectivity index (χ4v) is 3.68. The molecule has 2 N–H and O–H groups in total. The van der Waals surface area contributed by atoms with Crippen molar-refractivity contribution in [3.05, 3.63) is 65.7 Å². The molecule has 2 atom stereocenters. The third-order valence-electron chi connectivity index (χ3n) is 5.22. The first-order valence-electron chi connectivity index (χ1n) is 11.2. The van der Waals surface area contributed by atoms with Gasteiger partial charge in [-0.1, -0.05) is 30.3 Å². The lowest BCUT2D eigenvalue weighted by Crippen LogP contribution is -2.48. The van der Waals surface area contributed by atoms with E-state index in [1.165, 1.54) is 0 Å². The molecule has 3 rings (SSSR count). The summed E-state index contributed by atoms with van der Waals surface area (Å²) in [6.07, 6.45) is 0.996. The number of rotatable bonds is 8. The maximum absolute atomic E-state index is 12.8. The van der Waals surface area contributed by atoms with E-state index in [1.54, 1.807) is 7.05 Å². The summed E-state index contributed by atoms with van der Waals surface area (Å²) in [5.74, 6) is 1.68. The third kappa shape index (κ3) is 8.85. The molecule has 1 aliphatic heterocycles. The van der Waals surface area contributed by atoms with E-state index in [9.17, 15) is 4.79 Å². The van der Waals surface area contributed by atoms with Gasteiger partial charge in [-0.05, 0) is 50.1 Å². The zero-order valence-electron chi connectivity index (χ0n) is 19.6. The molecule has 0 spiro atoms. The summed E-state index contributed by atoms with van der Waals surface area (Å²) in [5.41, 5.74) is 1.79. The van der Waals surface area contributed by atoms with Gasteiger partial charge >= 0.3 is 0 Å². The maximum atomic E-state index is 12.8. The van der Waals surface area contributed by atoms with Crippen LogP contribution in [0.5, 0.6) is 5.75 Å². The van der Waals surface area contributed by atoms with Crippen LogP contribution in [0, 0.1) is 0 Å². The van der Waals surface area contributed by atoms with Gasteiger partial charge in [0.2, 0.25) is 0 Å². The van der Waals surface area contributed by atoms with Crippen LogP contribution < -0.4 is 15.4 Å². The topological polar surface area (TPSA) is 75.2 Å². The second kappa shape index (κ2) is 14.0. The number of morpholine rings is 1. The SMILES string of the molecule is CN=C(NCCCOc1ccccc1)NCc1ccc(C(=O)N2CC(C)OC(C)C2)cc1.I. The zero-order valence-corrected chi connectivity index (χ0v) is 22.0. The number of para-hydroxylation sites is 1. The summed E-state index contributed by atoms with van der Waals surface area (Å²) in [5, 5.41) is 6.60. The van der Waals surface area contributed by atoms with E-state index in [0.717, 1.165) is 30.2 Å². The van der Waals surface area contributed by atoms with Crippen LogP contribution in [0.3, 0.4) is 0 Å². The first-order chi connectivity index (χ1) is 15.5. The van der Waals surface area contributed by atoms with Crippen molar-refractivity contribution in [3.63, 3.8) is 0 Å². The average Bonchev–Trinajstić information content (AvgIpc) is 2.81. The number of amides is 1. The highest BCUT2D eigenvalue weighted by molar-refractivity contribution is 14.0. The van der Waals surface area contributed by atoms with E-state index in [0.29, 0.717) is 31.8 Å². The Labute approximate surface area is 214 Å². The standard InChI is InChI=1S/C25H34N4O3.HI/c1-19-17-29(18-20(2)32-19)24(30)22-12-10-21(11-13-22)16-28-25(26-3)27-14-7-15-31-23-8-5-4-6-9-23;/h4-6,8-13,19-20H,7,14-18H2,1-3H3,(H2,26,27,28);1H. The fourth-order valence-electron chi connectivity index (χ4n) is 3.68. The van der Waals surface area contributed by atoms with Crippen LogP contribution in [0.1, 0.15) is 36.2 Å². The first kappa shape index (κ1) is 26.9.